The first-order chi connectivity index (χ1) is 15.3. The van der Waals surface area contributed by atoms with E-state index in [0.717, 1.165) is 34.2 Å². The summed E-state index contributed by atoms with van der Waals surface area (Å²) in [5.41, 5.74) is 5.53. The zero-order valence-corrected chi connectivity index (χ0v) is 16.7. The standard InChI is InChI=1S/C24H18F3N3O2/c25-24(26,27)19-9-5-16(6-10-19)14-30-15-18(21-3-1-2-4-22(21)30)13-28-29-20-11-7-17(8-12-20)23(31)32/h1-13,15,29H,14H2,(H,31,32)/b28-13+. The maximum absolute atomic E-state index is 12.8. The van der Waals surface area contributed by atoms with Crippen molar-refractivity contribution in [3.05, 3.63) is 101 Å². The second-order valence-electron chi connectivity index (χ2n) is 7.18. The largest absolute Gasteiger partial charge is 0.478 e. The van der Waals surface area contributed by atoms with Gasteiger partial charge in [0.15, 0.2) is 0 Å². The van der Waals surface area contributed by atoms with Crippen molar-refractivity contribution in [2.45, 2.75) is 12.7 Å². The molecule has 0 unspecified atom stereocenters. The summed E-state index contributed by atoms with van der Waals surface area (Å²) in [6, 6.07) is 19.0. The van der Waals surface area contributed by atoms with E-state index in [1.807, 2.05) is 35.0 Å². The molecule has 0 saturated carbocycles. The molecular formula is C24H18F3N3O2. The molecule has 0 bridgehead atoms. The van der Waals surface area contributed by atoms with Crippen LogP contribution in [0, 0.1) is 0 Å². The number of carboxylic acid groups (broad SMARTS) is 1. The van der Waals surface area contributed by atoms with Gasteiger partial charge in [-0.2, -0.15) is 18.3 Å². The predicted octanol–water partition coefficient (Wildman–Crippen LogP) is 5.85. The number of hydrogen-bond acceptors (Lipinski definition) is 3. The predicted molar refractivity (Wildman–Crippen MR) is 117 cm³/mol. The Labute approximate surface area is 181 Å². The zero-order chi connectivity index (χ0) is 22.7. The third-order valence-corrected chi connectivity index (χ3v) is 4.98. The first kappa shape index (κ1) is 21.2. The van der Waals surface area contributed by atoms with E-state index in [2.05, 4.69) is 10.5 Å². The first-order valence-corrected chi connectivity index (χ1v) is 9.68. The third kappa shape index (κ3) is 4.64. The summed E-state index contributed by atoms with van der Waals surface area (Å²) >= 11 is 0. The molecule has 0 amide bonds. The lowest BCUT2D eigenvalue weighted by molar-refractivity contribution is -0.137. The summed E-state index contributed by atoms with van der Waals surface area (Å²) < 4.78 is 40.4. The number of fused-ring (bicyclic) bond motifs is 1. The number of benzene rings is 3. The van der Waals surface area contributed by atoms with E-state index in [9.17, 15) is 18.0 Å². The lowest BCUT2D eigenvalue weighted by Crippen LogP contribution is -2.05. The van der Waals surface area contributed by atoms with Gasteiger partial charge in [0.1, 0.15) is 0 Å². The number of anilines is 1. The van der Waals surface area contributed by atoms with E-state index in [1.54, 1.807) is 18.3 Å². The highest BCUT2D eigenvalue weighted by atomic mass is 19.4. The first-order valence-electron chi connectivity index (χ1n) is 9.68. The number of nitrogens with zero attached hydrogens (tertiary/aromatic N) is 2. The van der Waals surface area contributed by atoms with Crippen LogP contribution in [0.25, 0.3) is 10.9 Å². The van der Waals surface area contributed by atoms with E-state index >= 15 is 0 Å². The highest BCUT2D eigenvalue weighted by Crippen LogP contribution is 2.29. The second kappa shape index (κ2) is 8.58. The lowest BCUT2D eigenvalue weighted by Gasteiger charge is -2.09. The fraction of sp³-hybridized carbons (Fsp3) is 0.0833. The molecule has 0 aliphatic carbocycles. The van der Waals surface area contributed by atoms with Crippen LogP contribution in [0.1, 0.15) is 27.0 Å². The highest BCUT2D eigenvalue weighted by molar-refractivity contribution is 5.99. The van der Waals surface area contributed by atoms with Gasteiger partial charge >= 0.3 is 12.1 Å². The SMILES string of the molecule is O=C(O)c1ccc(N/N=C/c2cn(Cc3ccc(C(F)(F)F)cc3)c3ccccc23)cc1. The van der Waals surface area contributed by atoms with Crippen LogP contribution in [0.15, 0.2) is 84.1 Å². The fourth-order valence-corrected chi connectivity index (χ4v) is 3.37. The average Bonchev–Trinajstić information content (AvgIpc) is 3.11. The Morgan fingerprint density at radius 1 is 1.00 bits per heavy atom. The van der Waals surface area contributed by atoms with Crippen molar-refractivity contribution in [2.24, 2.45) is 5.10 Å². The second-order valence-corrected chi connectivity index (χ2v) is 7.18. The number of rotatable bonds is 6. The molecule has 0 atom stereocenters. The molecule has 1 heterocycles. The van der Waals surface area contributed by atoms with Gasteiger partial charge in [0.25, 0.3) is 0 Å². The Hall–Kier alpha value is -4.07. The summed E-state index contributed by atoms with van der Waals surface area (Å²) in [4.78, 5) is 10.9. The molecule has 0 fully saturated rings. The lowest BCUT2D eigenvalue weighted by atomic mass is 10.1. The Balaban J connectivity index is 1.54. The minimum absolute atomic E-state index is 0.186. The fourth-order valence-electron chi connectivity index (χ4n) is 3.37. The van der Waals surface area contributed by atoms with Gasteiger partial charge < -0.3 is 9.67 Å². The molecule has 0 aliphatic rings. The van der Waals surface area contributed by atoms with Gasteiger partial charge in [-0.1, -0.05) is 30.3 Å². The Kier molecular flexibility index (Phi) is 5.68. The molecule has 1 aromatic heterocycles. The van der Waals surface area contributed by atoms with Crippen LogP contribution in [0.2, 0.25) is 0 Å². The van der Waals surface area contributed by atoms with Crippen molar-refractivity contribution in [1.82, 2.24) is 4.57 Å². The molecule has 2 N–H and O–H groups in total. The van der Waals surface area contributed by atoms with Gasteiger partial charge in [-0.05, 0) is 48.0 Å². The maximum Gasteiger partial charge on any atom is 0.416 e. The number of para-hydroxylation sites is 1. The maximum atomic E-state index is 12.8. The minimum atomic E-state index is -4.36. The normalized spacial score (nSPS) is 11.8. The summed E-state index contributed by atoms with van der Waals surface area (Å²) in [6.45, 7) is 0.413. The highest BCUT2D eigenvalue weighted by Gasteiger charge is 2.29. The number of nitrogens with one attached hydrogen (secondary N) is 1. The summed E-state index contributed by atoms with van der Waals surface area (Å²) in [5, 5.41) is 14.1. The molecule has 0 radical (unpaired) electrons. The van der Waals surface area contributed by atoms with Gasteiger partial charge in [0.05, 0.1) is 23.0 Å². The number of hydrogen-bond donors (Lipinski definition) is 2. The molecule has 0 saturated heterocycles. The van der Waals surface area contributed by atoms with Crippen LogP contribution in [0.5, 0.6) is 0 Å². The number of aromatic nitrogens is 1. The number of carboxylic acids is 1. The van der Waals surface area contributed by atoms with Crippen molar-refractivity contribution < 1.29 is 23.1 Å². The Morgan fingerprint density at radius 2 is 1.69 bits per heavy atom. The third-order valence-electron chi connectivity index (χ3n) is 4.98. The molecule has 4 aromatic rings. The smallest absolute Gasteiger partial charge is 0.416 e. The molecule has 3 aromatic carbocycles. The van der Waals surface area contributed by atoms with Crippen LogP contribution in [0.3, 0.4) is 0 Å². The van der Waals surface area contributed by atoms with E-state index < -0.39 is 17.7 Å². The van der Waals surface area contributed by atoms with E-state index in [0.29, 0.717) is 12.2 Å². The zero-order valence-electron chi connectivity index (χ0n) is 16.7. The van der Waals surface area contributed by atoms with Gasteiger partial charge in [-0.15, -0.1) is 0 Å². The number of alkyl halides is 3. The van der Waals surface area contributed by atoms with Crippen molar-refractivity contribution in [3.63, 3.8) is 0 Å². The summed E-state index contributed by atoms with van der Waals surface area (Å²) in [5.74, 6) is -0.999. The monoisotopic (exact) mass is 437 g/mol. The van der Waals surface area contributed by atoms with Crippen molar-refractivity contribution >= 4 is 28.8 Å². The van der Waals surface area contributed by atoms with Gasteiger partial charge in [-0.25, -0.2) is 4.79 Å². The molecule has 32 heavy (non-hydrogen) atoms. The number of aromatic carboxylic acids is 1. The van der Waals surface area contributed by atoms with E-state index in [-0.39, 0.29) is 5.56 Å². The minimum Gasteiger partial charge on any atom is -0.478 e. The Bertz CT molecular complexity index is 1270. The molecular weight excluding hydrogens is 419 g/mol. The number of halogens is 3. The van der Waals surface area contributed by atoms with E-state index in [4.69, 9.17) is 5.11 Å². The van der Waals surface area contributed by atoms with Gasteiger partial charge in [-0.3, -0.25) is 5.43 Å². The quantitative estimate of drug-likeness (QED) is 0.294. The summed E-state index contributed by atoms with van der Waals surface area (Å²) in [6.07, 6.45) is -0.818. The molecule has 5 nitrogen and oxygen atoms in total. The summed E-state index contributed by atoms with van der Waals surface area (Å²) in [7, 11) is 0. The van der Waals surface area contributed by atoms with Gasteiger partial charge in [0, 0.05) is 29.2 Å². The molecule has 8 heteroatoms. The van der Waals surface area contributed by atoms with Crippen LogP contribution in [0.4, 0.5) is 18.9 Å². The number of hydrazone groups is 1. The van der Waals surface area contributed by atoms with Crippen molar-refractivity contribution in [3.8, 4) is 0 Å². The topological polar surface area (TPSA) is 66.6 Å². The number of carbonyl (C=O) groups is 1. The van der Waals surface area contributed by atoms with E-state index in [1.165, 1.54) is 24.3 Å². The van der Waals surface area contributed by atoms with Gasteiger partial charge in [0.2, 0.25) is 0 Å². The molecule has 0 spiro atoms. The Morgan fingerprint density at radius 3 is 2.34 bits per heavy atom. The average molecular weight is 437 g/mol. The van der Waals surface area contributed by atoms with Crippen LogP contribution in [-0.2, 0) is 12.7 Å². The molecule has 4 rings (SSSR count). The molecule has 0 aliphatic heterocycles. The van der Waals surface area contributed by atoms with Crippen LogP contribution >= 0.6 is 0 Å². The molecule has 162 valence electrons. The van der Waals surface area contributed by atoms with Crippen molar-refractivity contribution in [1.29, 1.82) is 0 Å². The van der Waals surface area contributed by atoms with Crippen molar-refractivity contribution in [2.75, 3.05) is 5.43 Å². The van der Waals surface area contributed by atoms with Crippen LogP contribution < -0.4 is 5.43 Å². The van der Waals surface area contributed by atoms with Crippen LogP contribution in [-0.4, -0.2) is 21.9 Å².